The summed E-state index contributed by atoms with van der Waals surface area (Å²) in [4.78, 5) is 25.0. The van der Waals surface area contributed by atoms with Gasteiger partial charge >= 0.3 is 0 Å². The van der Waals surface area contributed by atoms with E-state index in [2.05, 4.69) is 11.9 Å². The van der Waals surface area contributed by atoms with Crippen molar-refractivity contribution in [3.63, 3.8) is 0 Å². The number of nitrogens with one attached hydrogen (secondary N) is 1. The highest BCUT2D eigenvalue weighted by Crippen LogP contribution is 2.34. The number of hydrogen-bond acceptors (Lipinski definition) is 3. The van der Waals surface area contributed by atoms with Gasteiger partial charge in [0.2, 0.25) is 11.8 Å². The smallest absolute Gasteiger partial charge is 0.249 e. The van der Waals surface area contributed by atoms with E-state index in [1.54, 1.807) is 0 Å². The molecule has 2 aliphatic heterocycles. The van der Waals surface area contributed by atoms with E-state index in [-0.39, 0.29) is 17.9 Å². The van der Waals surface area contributed by atoms with Crippen molar-refractivity contribution in [1.29, 1.82) is 0 Å². The van der Waals surface area contributed by atoms with Crippen molar-refractivity contribution in [3.05, 3.63) is 42.0 Å². The monoisotopic (exact) mass is 242 g/mol. The number of fused-ring (bicyclic) bond motifs is 1. The molecule has 0 saturated carbocycles. The van der Waals surface area contributed by atoms with Crippen LogP contribution in [0, 0.1) is 0 Å². The van der Waals surface area contributed by atoms with Crippen LogP contribution in [0.1, 0.15) is 24.0 Å². The number of carbonyl (C=O) groups is 2. The number of hydrogen-bond donors (Lipinski definition) is 1. The van der Waals surface area contributed by atoms with E-state index in [1.165, 1.54) is 5.56 Å². The topological polar surface area (TPSA) is 49.4 Å². The molecule has 3 rings (SSSR count). The van der Waals surface area contributed by atoms with Crippen LogP contribution in [0.25, 0.3) is 5.70 Å². The Bertz CT molecular complexity index is 550. The Balaban J connectivity index is 1.86. The summed E-state index contributed by atoms with van der Waals surface area (Å²) in [5.74, 6) is -0.390. The van der Waals surface area contributed by atoms with E-state index in [0.717, 1.165) is 11.3 Å². The summed E-state index contributed by atoms with van der Waals surface area (Å²) in [6.45, 7) is 4.76. The quantitative estimate of drug-likeness (QED) is 0.755. The molecular formula is C14H14N2O2. The highest BCUT2D eigenvalue weighted by atomic mass is 16.2. The number of carbonyl (C=O) groups excluding carboxylic acids is 2. The van der Waals surface area contributed by atoms with Crippen LogP contribution in [0.15, 0.2) is 30.8 Å². The highest BCUT2D eigenvalue weighted by Gasteiger charge is 2.35. The van der Waals surface area contributed by atoms with Gasteiger partial charge in [0.15, 0.2) is 0 Å². The van der Waals surface area contributed by atoms with Gasteiger partial charge in [-0.1, -0.05) is 30.8 Å². The molecule has 0 bridgehead atoms. The molecule has 4 heteroatoms. The van der Waals surface area contributed by atoms with Gasteiger partial charge in [0, 0.05) is 24.2 Å². The number of nitrogens with zero attached hydrogens (tertiary/aromatic N) is 1. The van der Waals surface area contributed by atoms with Gasteiger partial charge in [-0.25, -0.2) is 0 Å². The zero-order valence-corrected chi connectivity index (χ0v) is 9.98. The number of piperidine rings is 1. The van der Waals surface area contributed by atoms with Crippen LogP contribution in [0.5, 0.6) is 0 Å². The van der Waals surface area contributed by atoms with Crippen molar-refractivity contribution in [3.8, 4) is 0 Å². The standard InChI is InChI=1S/C14H14N2O2/c1-9-11-5-3-2-4-10(11)8-16(9)12-6-7-13(17)15-14(12)18/h2-5,12H,1,6-8H2,(H,15,17,18). The van der Waals surface area contributed by atoms with Crippen molar-refractivity contribution in [2.75, 3.05) is 0 Å². The number of rotatable bonds is 1. The molecule has 1 unspecified atom stereocenters. The molecule has 92 valence electrons. The Hall–Kier alpha value is -2.10. The lowest BCUT2D eigenvalue weighted by Crippen LogP contribution is -2.50. The highest BCUT2D eigenvalue weighted by molar-refractivity contribution is 6.01. The van der Waals surface area contributed by atoms with Crippen LogP contribution in [0.4, 0.5) is 0 Å². The molecule has 1 fully saturated rings. The Kier molecular flexibility index (Phi) is 2.44. The molecule has 2 heterocycles. The second-order valence-electron chi connectivity index (χ2n) is 4.70. The predicted molar refractivity (Wildman–Crippen MR) is 67.2 cm³/mol. The van der Waals surface area contributed by atoms with E-state index >= 15 is 0 Å². The fraction of sp³-hybridized carbons (Fsp3) is 0.286. The summed E-state index contributed by atoms with van der Waals surface area (Å²) in [5.41, 5.74) is 3.16. The maximum Gasteiger partial charge on any atom is 0.249 e. The predicted octanol–water partition coefficient (Wildman–Crippen LogP) is 1.28. The zero-order chi connectivity index (χ0) is 12.7. The minimum atomic E-state index is -0.275. The van der Waals surface area contributed by atoms with Crippen LogP contribution in [0.3, 0.4) is 0 Å². The van der Waals surface area contributed by atoms with Gasteiger partial charge in [0.05, 0.1) is 0 Å². The van der Waals surface area contributed by atoms with Gasteiger partial charge < -0.3 is 4.90 Å². The third-order valence-electron chi connectivity index (χ3n) is 3.60. The second kappa shape index (κ2) is 3.98. The number of benzene rings is 1. The maximum absolute atomic E-state index is 11.9. The molecule has 2 amide bonds. The van der Waals surface area contributed by atoms with Gasteiger partial charge in [-0.2, -0.15) is 0 Å². The lowest BCUT2D eigenvalue weighted by molar-refractivity contribution is -0.136. The van der Waals surface area contributed by atoms with Crippen LogP contribution < -0.4 is 5.32 Å². The van der Waals surface area contributed by atoms with Crippen molar-refractivity contribution < 1.29 is 9.59 Å². The average Bonchev–Trinajstić information content (AvgIpc) is 2.68. The Morgan fingerprint density at radius 2 is 2.06 bits per heavy atom. The minimum Gasteiger partial charge on any atom is -0.355 e. The number of imide groups is 1. The van der Waals surface area contributed by atoms with E-state index < -0.39 is 0 Å². The average molecular weight is 242 g/mol. The minimum absolute atomic E-state index is 0.182. The van der Waals surface area contributed by atoms with E-state index in [9.17, 15) is 9.59 Å². The molecule has 1 aromatic rings. The molecule has 4 nitrogen and oxygen atoms in total. The summed E-state index contributed by atoms with van der Waals surface area (Å²) in [6, 6.07) is 7.75. The summed E-state index contributed by atoms with van der Waals surface area (Å²) in [6.07, 6.45) is 0.966. The molecule has 1 aromatic carbocycles. The van der Waals surface area contributed by atoms with Gasteiger partial charge in [-0.05, 0) is 12.0 Å². The molecule has 1 saturated heterocycles. The first-order valence-corrected chi connectivity index (χ1v) is 6.04. The molecular weight excluding hydrogens is 228 g/mol. The van der Waals surface area contributed by atoms with Gasteiger partial charge in [-0.15, -0.1) is 0 Å². The van der Waals surface area contributed by atoms with Gasteiger partial charge in [-0.3, -0.25) is 14.9 Å². The van der Waals surface area contributed by atoms with Crippen molar-refractivity contribution in [2.24, 2.45) is 0 Å². The summed E-state index contributed by atoms with van der Waals surface area (Å²) >= 11 is 0. The lowest BCUT2D eigenvalue weighted by Gasteiger charge is -2.31. The normalized spacial score (nSPS) is 23.0. The Morgan fingerprint density at radius 3 is 2.78 bits per heavy atom. The lowest BCUT2D eigenvalue weighted by atomic mass is 10.0. The fourth-order valence-corrected chi connectivity index (χ4v) is 2.65. The Morgan fingerprint density at radius 1 is 1.28 bits per heavy atom. The zero-order valence-electron chi connectivity index (χ0n) is 9.98. The molecule has 18 heavy (non-hydrogen) atoms. The van der Waals surface area contributed by atoms with E-state index in [4.69, 9.17) is 0 Å². The molecule has 1 atom stereocenters. The summed E-state index contributed by atoms with van der Waals surface area (Å²) < 4.78 is 0. The van der Waals surface area contributed by atoms with E-state index in [0.29, 0.717) is 19.4 Å². The molecule has 2 aliphatic rings. The first-order valence-electron chi connectivity index (χ1n) is 6.04. The molecule has 0 radical (unpaired) electrons. The van der Waals surface area contributed by atoms with Crippen LogP contribution >= 0.6 is 0 Å². The largest absolute Gasteiger partial charge is 0.355 e. The third kappa shape index (κ3) is 1.61. The molecule has 0 spiro atoms. The van der Waals surface area contributed by atoms with Crippen molar-refractivity contribution in [1.82, 2.24) is 10.2 Å². The van der Waals surface area contributed by atoms with E-state index in [1.807, 2.05) is 29.2 Å². The summed E-state index contributed by atoms with van der Waals surface area (Å²) in [7, 11) is 0. The first-order chi connectivity index (χ1) is 8.66. The van der Waals surface area contributed by atoms with Gasteiger partial charge in [0.25, 0.3) is 0 Å². The maximum atomic E-state index is 11.9. The number of amides is 2. The van der Waals surface area contributed by atoms with Crippen LogP contribution in [0.2, 0.25) is 0 Å². The van der Waals surface area contributed by atoms with Crippen molar-refractivity contribution in [2.45, 2.75) is 25.4 Å². The van der Waals surface area contributed by atoms with Crippen LogP contribution in [-0.2, 0) is 16.1 Å². The third-order valence-corrected chi connectivity index (χ3v) is 3.60. The fourth-order valence-electron chi connectivity index (χ4n) is 2.65. The van der Waals surface area contributed by atoms with Crippen LogP contribution in [-0.4, -0.2) is 22.8 Å². The van der Waals surface area contributed by atoms with Crippen molar-refractivity contribution >= 4 is 17.5 Å². The Labute approximate surface area is 105 Å². The van der Waals surface area contributed by atoms with Gasteiger partial charge in [0.1, 0.15) is 6.04 Å². The summed E-state index contributed by atoms with van der Waals surface area (Å²) in [5, 5.41) is 2.39. The first kappa shape index (κ1) is 11.0. The molecule has 1 N–H and O–H groups in total. The molecule has 0 aromatic heterocycles. The molecule has 0 aliphatic carbocycles. The SMILES string of the molecule is C=C1c2ccccc2CN1C1CCC(=O)NC1=O. The second-order valence-corrected chi connectivity index (χ2v) is 4.70.